The monoisotopic (exact) mass is 221 g/mol. The molecule has 1 aromatic rings. The zero-order valence-electron chi connectivity index (χ0n) is 9.69. The van der Waals surface area contributed by atoms with Crippen LogP contribution in [0.25, 0.3) is 0 Å². The van der Waals surface area contributed by atoms with Crippen LogP contribution in [0.4, 0.5) is 0 Å². The van der Waals surface area contributed by atoms with Crippen LogP contribution in [0, 0.1) is 5.92 Å². The molecule has 1 aromatic carbocycles. The van der Waals surface area contributed by atoms with E-state index in [2.05, 4.69) is 12.1 Å². The second kappa shape index (κ2) is 5.32. The largest absolute Gasteiger partial charge is 0.497 e. The quantitative estimate of drug-likeness (QED) is 0.846. The van der Waals surface area contributed by atoms with Crippen LogP contribution < -0.4 is 10.5 Å². The normalized spacial score (nSPS) is 25.4. The minimum atomic E-state index is 0.431. The fourth-order valence-corrected chi connectivity index (χ4v) is 2.34. The topological polar surface area (TPSA) is 44.5 Å². The summed E-state index contributed by atoms with van der Waals surface area (Å²) in [6.45, 7) is 2.29. The number of hydrogen-bond donors (Lipinski definition) is 1. The fourth-order valence-electron chi connectivity index (χ4n) is 2.34. The molecule has 0 amide bonds. The summed E-state index contributed by atoms with van der Waals surface area (Å²) in [4.78, 5) is 0. The first-order valence-electron chi connectivity index (χ1n) is 5.77. The summed E-state index contributed by atoms with van der Waals surface area (Å²) in [5, 5.41) is 0. The smallest absolute Gasteiger partial charge is 0.119 e. The van der Waals surface area contributed by atoms with E-state index in [4.69, 9.17) is 15.2 Å². The number of nitrogens with two attached hydrogens (primary N) is 1. The number of rotatable bonds is 3. The molecule has 2 atom stereocenters. The maximum absolute atomic E-state index is 5.79. The third-order valence-electron chi connectivity index (χ3n) is 3.30. The second-order valence-corrected chi connectivity index (χ2v) is 4.24. The Morgan fingerprint density at radius 1 is 1.50 bits per heavy atom. The average Bonchev–Trinajstić information content (AvgIpc) is 2.38. The molecular weight excluding hydrogens is 202 g/mol. The zero-order chi connectivity index (χ0) is 11.4. The minimum absolute atomic E-state index is 0.431. The van der Waals surface area contributed by atoms with Crippen LogP contribution in [-0.4, -0.2) is 26.9 Å². The number of hydrogen-bond acceptors (Lipinski definition) is 3. The van der Waals surface area contributed by atoms with Crippen molar-refractivity contribution < 1.29 is 9.47 Å². The van der Waals surface area contributed by atoms with Crippen molar-refractivity contribution in [2.45, 2.75) is 12.3 Å². The van der Waals surface area contributed by atoms with Crippen LogP contribution in [0.1, 0.15) is 17.9 Å². The molecule has 3 heteroatoms. The lowest BCUT2D eigenvalue weighted by atomic mass is 9.83. The van der Waals surface area contributed by atoms with Crippen LogP contribution in [0.3, 0.4) is 0 Å². The molecule has 1 saturated heterocycles. The van der Waals surface area contributed by atoms with Crippen LogP contribution >= 0.6 is 0 Å². The lowest BCUT2D eigenvalue weighted by molar-refractivity contribution is 0.0435. The lowest BCUT2D eigenvalue weighted by Crippen LogP contribution is -2.31. The summed E-state index contributed by atoms with van der Waals surface area (Å²) in [6, 6.07) is 8.28. The summed E-state index contributed by atoms with van der Waals surface area (Å²) in [5.74, 6) is 1.86. The van der Waals surface area contributed by atoms with E-state index in [1.807, 2.05) is 12.1 Å². The highest BCUT2D eigenvalue weighted by atomic mass is 16.5. The highest BCUT2D eigenvalue weighted by Crippen LogP contribution is 2.32. The van der Waals surface area contributed by atoms with Gasteiger partial charge in [0.1, 0.15) is 5.75 Å². The van der Waals surface area contributed by atoms with Gasteiger partial charge in [0.15, 0.2) is 0 Å². The molecule has 1 fully saturated rings. The van der Waals surface area contributed by atoms with Gasteiger partial charge in [-0.1, -0.05) is 12.1 Å². The summed E-state index contributed by atoms with van der Waals surface area (Å²) in [7, 11) is 1.70. The van der Waals surface area contributed by atoms with Gasteiger partial charge in [0.25, 0.3) is 0 Å². The Kier molecular flexibility index (Phi) is 3.80. The van der Waals surface area contributed by atoms with E-state index in [9.17, 15) is 0 Å². The van der Waals surface area contributed by atoms with Crippen molar-refractivity contribution in [2.75, 3.05) is 26.9 Å². The van der Waals surface area contributed by atoms with Gasteiger partial charge >= 0.3 is 0 Å². The Morgan fingerprint density at radius 3 is 3.12 bits per heavy atom. The molecule has 0 aliphatic carbocycles. The molecule has 2 N–H and O–H groups in total. The van der Waals surface area contributed by atoms with Gasteiger partial charge in [-0.25, -0.2) is 0 Å². The molecule has 1 aliphatic rings. The van der Waals surface area contributed by atoms with Gasteiger partial charge in [-0.05, 0) is 36.6 Å². The molecule has 0 aromatic heterocycles. The van der Waals surface area contributed by atoms with Gasteiger partial charge in [-0.15, -0.1) is 0 Å². The highest BCUT2D eigenvalue weighted by Gasteiger charge is 2.26. The molecule has 1 heterocycles. The fraction of sp³-hybridized carbons (Fsp3) is 0.538. The minimum Gasteiger partial charge on any atom is -0.497 e. The predicted octanol–water partition coefficient (Wildman–Crippen LogP) is 1.77. The summed E-state index contributed by atoms with van der Waals surface area (Å²) < 4.78 is 10.7. The van der Waals surface area contributed by atoms with E-state index in [-0.39, 0.29) is 0 Å². The summed E-state index contributed by atoms with van der Waals surface area (Å²) in [5.41, 5.74) is 7.11. The standard InChI is InChI=1S/C13H19NO2/c1-15-12-4-2-3-10(7-12)13-5-6-16-9-11(13)8-14/h2-4,7,11,13H,5-6,8-9,14H2,1H3. The third kappa shape index (κ3) is 2.36. The predicted molar refractivity (Wildman–Crippen MR) is 63.7 cm³/mol. The van der Waals surface area contributed by atoms with Crippen LogP contribution in [-0.2, 0) is 4.74 Å². The molecule has 0 spiro atoms. The Labute approximate surface area is 96.5 Å². The van der Waals surface area contributed by atoms with E-state index < -0.39 is 0 Å². The Hall–Kier alpha value is -1.06. The SMILES string of the molecule is COc1cccc(C2CCOCC2CN)c1. The van der Waals surface area contributed by atoms with Crippen molar-refractivity contribution in [3.63, 3.8) is 0 Å². The molecule has 1 aliphatic heterocycles. The van der Waals surface area contributed by atoms with Gasteiger partial charge in [0.2, 0.25) is 0 Å². The number of benzene rings is 1. The first kappa shape index (κ1) is 11.4. The molecule has 0 radical (unpaired) electrons. The van der Waals surface area contributed by atoms with E-state index in [0.717, 1.165) is 25.4 Å². The van der Waals surface area contributed by atoms with Crippen molar-refractivity contribution in [1.82, 2.24) is 0 Å². The second-order valence-electron chi connectivity index (χ2n) is 4.24. The zero-order valence-corrected chi connectivity index (χ0v) is 9.69. The average molecular weight is 221 g/mol. The maximum Gasteiger partial charge on any atom is 0.119 e. The maximum atomic E-state index is 5.79. The first-order chi connectivity index (χ1) is 7.85. The molecule has 2 rings (SSSR count). The van der Waals surface area contributed by atoms with Crippen LogP contribution in [0.15, 0.2) is 24.3 Å². The van der Waals surface area contributed by atoms with E-state index >= 15 is 0 Å². The van der Waals surface area contributed by atoms with Crippen LogP contribution in [0.5, 0.6) is 5.75 Å². The molecule has 0 bridgehead atoms. The molecule has 16 heavy (non-hydrogen) atoms. The summed E-state index contributed by atoms with van der Waals surface area (Å²) >= 11 is 0. The molecule has 3 nitrogen and oxygen atoms in total. The number of ether oxygens (including phenoxy) is 2. The summed E-state index contributed by atoms with van der Waals surface area (Å²) in [6.07, 6.45) is 1.05. The van der Waals surface area contributed by atoms with E-state index in [1.54, 1.807) is 7.11 Å². The Balaban J connectivity index is 2.20. The number of methoxy groups -OCH3 is 1. The van der Waals surface area contributed by atoms with E-state index in [1.165, 1.54) is 5.56 Å². The van der Waals surface area contributed by atoms with Crippen LogP contribution in [0.2, 0.25) is 0 Å². The van der Waals surface area contributed by atoms with Crippen molar-refractivity contribution >= 4 is 0 Å². The van der Waals surface area contributed by atoms with Gasteiger partial charge in [0, 0.05) is 12.5 Å². The Morgan fingerprint density at radius 2 is 2.38 bits per heavy atom. The van der Waals surface area contributed by atoms with Crippen molar-refractivity contribution in [3.8, 4) is 5.75 Å². The molecule has 2 unspecified atom stereocenters. The molecule has 88 valence electrons. The Bertz CT molecular complexity index is 340. The van der Waals surface area contributed by atoms with Gasteiger partial charge in [-0.3, -0.25) is 0 Å². The van der Waals surface area contributed by atoms with Gasteiger partial charge < -0.3 is 15.2 Å². The first-order valence-corrected chi connectivity index (χ1v) is 5.77. The highest BCUT2D eigenvalue weighted by molar-refractivity contribution is 5.31. The molecular formula is C13H19NO2. The van der Waals surface area contributed by atoms with Crippen molar-refractivity contribution in [1.29, 1.82) is 0 Å². The van der Waals surface area contributed by atoms with Crippen molar-refractivity contribution in [2.24, 2.45) is 11.7 Å². The molecule has 0 saturated carbocycles. The van der Waals surface area contributed by atoms with Gasteiger partial charge in [-0.2, -0.15) is 0 Å². The van der Waals surface area contributed by atoms with Crippen molar-refractivity contribution in [3.05, 3.63) is 29.8 Å². The van der Waals surface area contributed by atoms with E-state index in [0.29, 0.717) is 18.4 Å². The third-order valence-corrected chi connectivity index (χ3v) is 3.30. The van der Waals surface area contributed by atoms with Gasteiger partial charge in [0.05, 0.1) is 13.7 Å². The lowest BCUT2D eigenvalue weighted by Gasteiger charge is -2.31.